The van der Waals surface area contributed by atoms with Crippen LogP contribution in [0.25, 0.3) is 0 Å². The number of piperidine rings is 1. The summed E-state index contributed by atoms with van der Waals surface area (Å²) in [5.74, 6) is 1.05. The van der Waals surface area contributed by atoms with Gasteiger partial charge in [-0.15, -0.1) is 0 Å². The topological polar surface area (TPSA) is 50.6 Å². The summed E-state index contributed by atoms with van der Waals surface area (Å²) in [6.07, 6.45) is 6.45. The van der Waals surface area contributed by atoms with Crippen molar-refractivity contribution >= 4 is 6.09 Å². The van der Waals surface area contributed by atoms with Crippen molar-refractivity contribution < 1.29 is 9.53 Å². The van der Waals surface area contributed by atoms with E-state index in [4.69, 9.17) is 4.74 Å². The Morgan fingerprint density at radius 3 is 2.64 bits per heavy atom. The molecule has 1 amide bonds. The van der Waals surface area contributed by atoms with E-state index in [-0.39, 0.29) is 11.7 Å². The Morgan fingerprint density at radius 1 is 1.21 bits per heavy atom. The Morgan fingerprint density at radius 2 is 1.96 bits per heavy atom. The average Bonchev–Trinajstić information content (AvgIpc) is 3.24. The first-order valence-electron chi connectivity index (χ1n) is 10.3. The van der Waals surface area contributed by atoms with Crippen LogP contribution in [0.3, 0.4) is 0 Å². The highest BCUT2D eigenvalue weighted by Crippen LogP contribution is 2.34. The molecule has 28 heavy (non-hydrogen) atoms. The highest BCUT2D eigenvalue weighted by atomic mass is 16.6. The van der Waals surface area contributed by atoms with E-state index < -0.39 is 0 Å². The summed E-state index contributed by atoms with van der Waals surface area (Å²) >= 11 is 0. The number of amides is 1. The molecule has 1 spiro atoms. The Labute approximate surface area is 167 Å². The zero-order valence-corrected chi connectivity index (χ0v) is 16.9. The van der Waals surface area contributed by atoms with Crippen molar-refractivity contribution in [2.45, 2.75) is 51.3 Å². The number of likely N-dealkylation sites (tertiary alicyclic amines) is 1. The molecule has 1 atom stereocenters. The number of ether oxygens (including phenoxy) is 1. The highest BCUT2D eigenvalue weighted by molar-refractivity contribution is 5.70. The van der Waals surface area contributed by atoms with E-state index in [1.807, 2.05) is 42.4 Å². The lowest BCUT2D eigenvalue weighted by molar-refractivity contribution is -0.00996. The molecule has 150 valence electrons. The van der Waals surface area contributed by atoms with Crippen LogP contribution < -0.4 is 0 Å². The number of rotatable bonds is 6. The third-order valence-corrected chi connectivity index (χ3v) is 6.27. The van der Waals surface area contributed by atoms with Gasteiger partial charge in [0, 0.05) is 57.5 Å². The van der Waals surface area contributed by atoms with Crippen molar-refractivity contribution in [3.05, 3.63) is 54.1 Å². The largest absolute Gasteiger partial charge is 0.441 e. The summed E-state index contributed by atoms with van der Waals surface area (Å²) in [6.45, 7) is 8.64. The number of aryl methyl sites for hydroxylation is 1. The Hall–Kier alpha value is -2.34. The van der Waals surface area contributed by atoms with Crippen LogP contribution in [0.1, 0.15) is 31.2 Å². The highest BCUT2D eigenvalue weighted by Gasteiger charge is 2.47. The minimum atomic E-state index is -0.297. The number of hydrogen-bond donors (Lipinski definition) is 0. The van der Waals surface area contributed by atoms with E-state index >= 15 is 0 Å². The van der Waals surface area contributed by atoms with Gasteiger partial charge in [-0.05, 0) is 25.8 Å². The van der Waals surface area contributed by atoms with Gasteiger partial charge < -0.3 is 14.2 Å². The molecule has 6 heteroatoms. The van der Waals surface area contributed by atoms with Crippen molar-refractivity contribution in [1.29, 1.82) is 0 Å². The first-order chi connectivity index (χ1) is 13.5. The number of aromatic nitrogens is 2. The van der Waals surface area contributed by atoms with Gasteiger partial charge in [-0.2, -0.15) is 0 Å². The van der Waals surface area contributed by atoms with Gasteiger partial charge in [-0.3, -0.25) is 4.90 Å². The molecule has 3 heterocycles. The molecule has 0 N–H and O–H groups in total. The molecule has 2 aliphatic heterocycles. The molecule has 4 rings (SSSR count). The van der Waals surface area contributed by atoms with Gasteiger partial charge in [0.25, 0.3) is 0 Å². The molecule has 1 aromatic heterocycles. The lowest BCUT2D eigenvalue weighted by atomic mass is 9.90. The van der Waals surface area contributed by atoms with Crippen LogP contribution in [0.4, 0.5) is 4.79 Å². The molecular formula is C22H30N4O2. The smallest absolute Gasteiger partial charge is 0.410 e. The van der Waals surface area contributed by atoms with Crippen LogP contribution in [0.5, 0.6) is 0 Å². The van der Waals surface area contributed by atoms with Crippen molar-refractivity contribution in [3.63, 3.8) is 0 Å². The predicted octanol–water partition coefficient (Wildman–Crippen LogP) is 3.11. The van der Waals surface area contributed by atoms with Crippen LogP contribution in [0, 0.1) is 6.92 Å². The van der Waals surface area contributed by atoms with E-state index in [0.717, 1.165) is 57.8 Å². The molecule has 2 fully saturated rings. The fraction of sp³-hybridized carbons (Fsp3) is 0.545. The van der Waals surface area contributed by atoms with E-state index in [0.29, 0.717) is 6.04 Å². The quantitative estimate of drug-likeness (QED) is 0.770. The molecule has 6 nitrogen and oxygen atoms in total. The fourth-order valence-corrected chi connectivity index (χ4v) is 4.40. The second kappa shape index (κ2) is 7.95. The van der Waals surface area contributed by atoms with Gasteiger partial charge in [0.1, 0.15) is 11.4 Å². The summed E-state index contributed by atoms with van der Waals surface area (Å²) in [7, 11) is 0. The Bertz CT molecular complexity index is 796. The van der Waals surface area contributed by atoms with Crippen LogP contribution in [0.2, 0.25) is 0 Å². The van der Waals surface area contributed by atoms with Crippen LogP contribution in [-0.4, -0.2) is 63.3 Å². The zero-order chi connectivity index (χ0) is 19.6. The number of nitrogens with zero attached hydrogens (tertiary/aromatic N) is 4. The molecule has 1 aromatic carbocycles. The minimum absolute atomic E-state index is 0.147. The lowest BCUT2D eigenvalue weighted by Crippen LogP contribution is -2.50. The Balaban J connectivity index is 1.29. The molecule has 0 radical (unpaired) electrons. The zero-order valence-electron chi connectivity index (χ0n) is 16.9. The second-order valence-electron chi connectivity index (χ2n) is 8.22. The summed E-state index contributed by atoms with van der Waals surface area (Å²) in [4.78, 5) is 21.1. The number of carbonyl (C=O) groups is 1. The molecule has 2 saturated heterocycles. The average molecular weight is 383 g/mol. The Kier molecular flexibility index (Phi) is 5.40. The maximum atomic E-state index is 12.4. The minimum Gasteiger partial charge on any atom is -0.441 e. The molecular weight excluding hydrogens is 352 g/mol. The summed E-state index contributed by atoms with van der Waals surface area (Å²) in [5.41, 5.74) is 0.962. The lowest BCUT2D eigenvalue weighted by Gasteiger charge is -2.40. The first-order valence-corrected chi connectivity index (χ1v) is 10.3. The maximum Gasteiger partial charge on any atom is 0.410 e. The molecule has 2 aliphatic rings. The van der Waals surface area contributed by atoms with Gasteiger partial charge in [0.2, 0.25) is 0 Å². The van der Waals surface area contributed by atoms with Gasteiger partial charge in [-0.25, -0.2) is 9.78 Å². The van der Waals surface area contributed by atoms with Crippen molar-refractivity contribution in [3.8, 4) is 0 Å². The molecule has 0 aliphatic carbocycles. The third-order valence-electron chi connectivity index (χ3n) is 6.27. The van der Waals surface area contributed by atoms with Gasteiger partial charge in [0.05, 0.1) is 6.54 Å². The molecule has 0 saturated carbocycles. The molecule has 2 aromatic rings. The van der Waals surface area contributed by atoms with E-state index in [9.17, 15) is 4.79 Å². The van der Waals surface area contributed by atoms with E-state index in [1.165, 1.54) is 5.56 Å². The van der Waals surface area contributed by atoms with Crippen molar-refractivity contribution in [1.82, 2.24) is 19.4 Å². The predicted molar refractivity (Wildman–Crippen MR) is 108 cm³/mol. The van der Waals surface area contributed by atoms with Gasteiger partial charge in [0.15, 0.2) is 0 Å². The van der Waals surface area contributed by atoms with E-state index in [1.54, 1.807) is 0 Å². The molecule has 1 unspecified atom stereocenters. The molecule has 0 bridgehead atoms. The van der Waals surface area contributed by atoms with Crippen LogP contribution in [0.15, 0.2) is 42.7 Å². The van der Waals surface area contributed by atoms with Crippen molar-refractivity contribution in [2.24, 2.45) is 0 Å². The first kappa shape index (κ1) is 19.0. The summed E-state index contributed by atoms with van der Waals surface area (Å²) < 4.78 is 8.09. The monoisotopic (exact) mass is 382 g/mol. The van der Waals surface area contributed by atoms with Gasteiger partial charge >= 0.3 is 6.09 Å². The summed E-state index contributed by atoms with van der Waals surface area (Å²) in [6, 6.07) is 10.8. The van der Waals surface area contributed by atoms with Crippen LogP contribution >= 0.6 is 0 Å². The number of carbonyl (C=O) groups excluding carboxylic acids is 1. The number of hydrogen-bond acceptors (Lipinski definition) is 4. The van der Waals surface area contributed by atoms with E-state index in [2.05, 4.69) is 33.5 Å². The summed E-state index contributed by atoms with van der Waals surface area (Å²) in [5, 5.41) is 0. The SMILES string of the molecule is Cc1nccn1CC(C)N1CCC2(CC1)CN(CCc1ccccc1)C(=O)O2. The van der Waals surface area contributed by atoms with Crippen molar-refractivity contribution in [2.75, 3.05) is 26.2 Å². The third kappa shape index (κ3) is 4.07. The fourth-order valence-electron chi connectivity index (χ4n) is 4.40. The maximum absolute atomic E-state index is 12.4. The number of imidazole rings is 1. The second-order valence-corrected chi connectivity index (χ2v) is 8.22. The van der Waals surface area contributed by atoms with Crippen LogP contribution in [-0.2, 0) is 17.7 Å². The normalized spacial score (nSPS) is 20.5. The standard InChI is InChI=1S/C22H30N4O2/c1-18(16-25-15-11-23-19(25)2)24-13-9-22(10-14-24)17-26(21(27)28-22)12-8-20-6-4-3-5-7-20/h3-7,11,15,18H,8-10,12-14,16-17H2,1-2H3. The number of benzene rings is 1. The van der Waals surface area contributed by atoms with Gasteiger partial charge in [-0.1, -0.05) is 30.3 Å².